The van der Waals surface area contributed by atoms with Crippen LogP contribution in [0.2, 0.25) is 0 Å². The van der Waals surface area contributed by atoms with Crippen molar-refractivity contribution in [2.75, 3.05) is 0 Å². The van der Waals surface area contributed by atoms with E-state index in [2.05, 4.69) is 20.4 Å². The van der Waals surface area contributed by atoms with Gasteiger partial charge in [-0.1, -0.05) is 31.6 Å². The summed E-state index contributed by atoms with van der Waals surface area (Å²) >= 11 is 0. The van der Waals surface area contributed by atoms with E-state index in [1.54, 1.807) is 5.57 Å². The van der Waals surface area contributed by atoms with Crippen LogP contribution >= 0.6 is 0 Å². The molecule has 104 valence electrons. The SMILES string of the molecule is C=C(C)C(=O)CCC(C)(C)C1=C2C3CC(C1)CC2C3. The Morgan fingerprint density at radius 1 is 1.26 bits per heavy atom. The molecular weight excluding hydrogens is 232 g/mol. The number of Topliss-reactive ketones (excluding diaryl/α,β-unsaturated/α-hetero) is 1. The van der Waals surface area contributed by atoms with E-state index in [0.29, 0.717) is 12.0 Å². The van der Waals surface area contributed by atoms with E-state index in [-0.39, 0.29) is 11.2 Å². The highest BCUT2D eigenvalue weighted by molar-refractivity contribution is 5.94. The average Bonchev–Trinajstić information content (AvgIpc) is 2.35. The van der Waals surface area contributed by atoms with Crippen molar-refractivity contribution in [2.24, 2.45) is 23.2 Å². The van der Waals surface area contributed by atoms with E-state index in [1.165, 1.54) is 25.7 Å². The summed E-state index contributed by atoms with van der Waals surface area (Å²) in [5, 5.41) is 0. The van der Waals surface area contributed by atoms with Gasteiger partial charge in [-0.3, -0.25) is 4.79 Å². The van der Waals surface area contributed by atoms with Crippen LogP contribution in [0.3, 0.4) is 0 Å². The Hall–Kier alpha value is -0.850. The first-order valence-electron chi connectivity index (χ1n) is 7.80. The molecule has 2 unspecified atom stereocenters. The van der Waals surface area contributed by atoms with Crippen molar-refractivity contribution < 1.29 is 4.79 Å². The van der Waals surface area contributed by atoms with Gasteiger partial charge in [0.05, 0.1) is 0 Å². The molecule has 0 aliphatic heterocycles. The zero-order chi connectivity index (χ0) is 13.8. The van der Waals surface area contributed by atoms with E-state index in [4.69, 9.17) is 0 Å². The Bertz CT molecular complexity index is 452. The number of rotatable bonds is 5. The molecule has 4 bridgehead atoms. The maximum absolute atomic E-state index is 11.8. The van der Waals surface area contributed by atoms with E-state index in [1.807, 2.05) is 12.5 Å². The van der Waals surface area contributed by atoms with Crippen LogP contribution < -0.4 is 0 Å². The molecule has 0 aromatic rings. The molecule has 1 heteroatoms. The predicted molar refractivity (Wildman–Crippen MR) is 78.8 cm³/mol. The zero-order valence-corrected chi connectivity index (χ0v) is 12.6. The second kappa shape index (κ2) is 4.33. The zero-order valence-electron chi connectivity index (χ0n) is 12.6. The van der Waals surface area contributed by atoms with Gasteiger partial charge in [0.25, 0.3) is 0 Å². The van der Waals surface area contributed by atoms with Crippen LogP contribution in [-0.4, -0.2) is 5.78 Å². The maximum atomic E-state index is 11.8. The number of ketones is 1. The van der Waals surface area contributed by atoms with Gasteiger partial charge in [0.15, 0.2) is 5.78 Å². The third kappa shape index (κ3) is 2.11. The van der Waals surface area contributed by atoms with E-state index in [9.17, 15) is 4.79 Å². The molecule has 3 saturated carbocycles. The van der Waals surface area contributed by atoms with Gasteiger partial charge in [0.2, 0.25) is 0 Å². The molecule has 0 amide bonds. The smallest absolute Gasteiger partial charge is 0.158 e. The van der Waals surface area contributed by atoms with Gasteiger partial charge in [-0.2, -0.15) is 0 Å². The average molecular weight is 258 g/mol. The number of allylic oxidation sites excluding steroid dienone is 3. The lowest BCUT2D eigenvalue weighted by Gasteiger charge is -2.56. The molecule has 3 fully saturated rings. The summed E-state index contributed by atoms with van der Waals surface area (Å²) in [4.78, 5) is 11.8. The molecule has 0 N–H and O–H groups in total. The lowest BCUT2D eigenvalue weighted by atomic mass is 9.49. The van der Waals surface area contributed by atoms with Crippen LogP contribution in [0, 0.1) is 23.2 Å². The van der Waals surface area contributed by atoms with Gasteiger partial charge in [-0.15, -0.1) is 0 Å². The van der Waals surface area contributed by atoms with Crippen LogP contribution in [0.4, 0.5) is 0 Å². The molecule has 0 aromatic carbocycles. The normalized spacial score (nSPS) is 32.3. The van der Waals surface area contributed by atoms with Crippen molar-refractivity contribution in [2.45, 2.75) is 59.3 Å². The van der Waals surface area contributed by atoms with E-state index in [0.717, 1.165) is 24.2 Å². The fraction of sp³-hybridized carbons (Fsp3) is 0.722. The maximum Gasteiger partial charge on any atom is 0.158 e. The Morgan fingerprint density at radius 2 is 1.89 bits per heavy atom. The van der Waals surface area contributed by atoms with Gasteiger partial charge in [0, 0.05) is 6.42 Å². The van der Waals surface area contributed by atoms with Crippen LogP contribution in [-0.2, 0) is 4.79 Å². The standard InChI is InChI=1S/C18H26O/c1-11(2)16(19)5-6-18(3,4)15-9-12-7-13-10-14(8-12)17(13)15/h12-14H,1,5-10H2,2-4H3. The minimum Gasteiger partial charge on any atom is -0.295 e. The Morgan fingerprint density at radius 3 is 2.42 bits per heavy atom. The van der Waals surface area contributed by atoms with Crippen LogP contribution in [0.15, 0.2) is 23.3 Å². The third-order valence-electron chi connectivity index (χ3n) is 5.80. The van der Waals surface area contributed by atoms with Crippen molar-refractivity contribution in [1.29, 1.82) is 0 Å². The first-order valence-corrected chi connectivity index (χ1v) is 7.80. The summed E-state index contributed by atoms with van der Waals surface area (Å²) in [6, 6.07) is 0. The predicted octanol–water partition coefficient (Wildman–Crippen LogP) is 4.68. The van der Waals surface area contributed by atoms with Gasteiger partial charge >= 0.3 is 0 Å². The lowest BCUT2D eigenvalue weighted by Crippen LogP contribution is -2.44. The molecular formula is C18H26O. The molecule has 0 spiro atoms. The number of carbonyl (C=O) groups excluding carboxylic acids is 1. The van der Waals surface area contributed by atoms with Gasteiger partial charge in [0.1, 0.15) is 0 Å². The van der Waals surface area contributed by atoms with Gasteiger partial charge < -0.3 is 0 Å². The Labute approximate surface area is 117 Å². The van der Waals surface area contributed by atoms with Gasteiger partial charge in [-0.05, 0) is 67.8 Å². The number of carbonyl (C=O) groups is 1. The number of hydrogen-bond donors (Lipinski definition) is 0. The number of fused-ring (bicyclic) bond motifs is 1. The molecule has 19 heavy (non-hydrogen) atoms. The summed E-state index contributed by atoms with van der Waals surface area (Å²) in [5.41, 5.74) is 4.47. The number of hydrogen-bond acceptors (Lipinski definition) is 1. The summed E-state index contributed by atoms with van der Waals surface area (Å²) in [7, 11) is 0. The first kappa shape index (κ1) is 13.1. The summed E-state index contributed by atoms with van der Waals surface area (Å²) in [6.07, 6.45) is 7.34. The molecule has 1 nitrogen and oxygen atoms in total. The molecule has 0 heterocycles. The monoisotopic (exact) mass is 258 g/mol. The van der Waals surface area contributed by atoms with Crippen LogP contribution in [0.5, 0.6) is 0 Å². The summed E-state index contributed by atoms with van der Waals surface area (Å²) in [5.74, 6) is 3.03. The molecule has 5 aliphatic carbocycles. The largest absolute Gasteiger partial charge is 0.295 e. The summed E-state index contributed by atoms with van der Waals surface area (Å²) < 4.78 is 0. The lowest BCUT2D eigenvalue weighted by molar-refractivity contribution is -0.115. The Kier molecular flexibility index (Phi) is 2.99. The van der Waals surface area contributed by atoms with Crippen molar-refractivity contribution in [3.8, 4) is 0 Å². The fourth-order valence-electron chi connectivity index (χ4n) is 4.64. The van der Waals surface area contributed by atoms with E-state index < -0.39 is 0 Å². The third-order valence-corrected chi connectivity index (χ3v) is 5.80. The van der Waals surface area contributed by atoms with Crippen molar-refractivity contribution in [1.82, 2.24) is 0 Å². The minimum atomic E-state index is 0.219. The fourth-order valence-corrected chi connectivity index (χ4v) is 4.64. The minimum absolute atomic E-state index is 0.219. The summed E-state index contributed by atoms with van der Waals surface area (Å²) in [6.45, 7) is 10.3. The molecule has 0 radical (unpaired) electrons. The molecule has 5 aliphatic rings. The second-order valence-corrected chi connectivity index (χ2v) is 7.69. The van der Waals surface area contributed by atoms with Crippen molar-refractivity contribution in [3.63, 3.8) is 0 Å². The molecule has 0 saturated heterocycles. The van der Waals surface area contributed by atoms with Crippen LogP contribution in [0.1, 0.15) is 59.3 Å². The van der Waals surface area contributed by atoms with E-state index >= 15 is 0 Å². The molecule has 2 atom stereocenters. The second-order valence-electron chi connectivity index (χ2n) is 7.69. The first-order chi connectivity index (χ1) is 8.88. The Balaban J connectivity index is 1.74. The highest BCUT2D eigenvalue weighted by atomic mass is 16.1. The van der Waals surface area contributed by atoms with Crippen LogP contribution in [0.25, 0.3) is 0 Å². The molecule has 5 rings (SSSR count). The van der Waals surface area contributed by atoms with Crippen molar-refractivity contribution >= 4 is 5.78 Å². The highest BCUT2D eigenvalue weighted by Crippen LogP contribution is 2.62. The van der Waals surface area contributed by atoms with Crippen molar-refractivity contribution in [3.05, 3.63) is 23.3 Å². The molecule has 0 aromatic heterocycles. The highest BCUT2D eigenvalue weighted by Gasteiger charge is 2.50. The van der Waals surface area contributed by atoms with Gasteiger partial charge in [-0.25, -0.2) is 0 Å². The quantitative estimate of drug-likeness (QED) is 0.516. The topological polar surface area (TPSA) is 17.1 Å².